The van der Waals surface area contributed by atoms with Gasteiger partial charge < -0.3 is 15.2 Å². The van der Waals surface area contributed by atoms with Gasteiger partial charge in [-0.25, -0.2) is 0 Å². The molecule has 0 radical (unpaired) electrons. The number of methoxy groups -OCH3 is 1. The molecule has 0 spiro atoms. The Hall–Kier alpha value is -0.870. The van der Waals surface area contributed by atoms with Crippen molar-refractivity contribution >= 4 is 5.97 Å². The average molecular weight is 227 g/mol. The number of hydrogen-bond acceptors (Lipinski definition) is 4. The summed E-state index contributed by atoms with van der Waals surface area (Å²) in [6, 6.07) is -0.615. The van der Waals surface area contributed by atoms with E-state index in [1.807, 2.05) is 0 Å². The number of aliphatic hydroxyl groups is 1. The van der Waals surface area contributed by atoms with Crippen LogP contribution in [0.4, 0.5) is 0 Å². The lowest BCUT2D eigenvalue weighted by Gasteiger charge is -2.23. The van der Waals surface area contributed by atoms with Crippen molar-refractivity contribution in [3.8, 4) is 0 Å². The largest absolute Gasteiger partial charge is 0.468 e. The summed E-state index contributed by atoms with van der Waals surface area (Å²) >= 11 is 0. The van der Waals surface area contributed by atoms with Crippen LogP contribution >= 0.6 is 0 Å². The Labute approximate surface area is 96.7 Å². The molecule has 0 aliphatic heterocycles. The number of esters is 1. The van der Waals surface area contributed by atoms with Crippen molar-refractivity contribution in [2.24, 2.45) is 5.92 Å². The smallest absolute Gasteiger partial charge is 0.325 e. The maximum Gasteiger partial charge on any atom is 0.325 e. The highest BCUT2D eigenvalue weighted by molar-refractivity contribution is 5.76. The summed E-state index contributed by atoms with van der Waals surface area (Å²) < 4.78 is 4.64. The molecule has 92 valence electrons. The highest BCUT2D eigenvalue weighted by atomic mass is 16.5. The molecule has 3 atom stereocenters. The molecule has 4 heteroatoms. The first-order chi connectivity index (χ1) is 7.65. The zero-order chi connectivity index (χ0) is 12.0. The van der Waals surface area contributed by atoms with E-state index in [0.717, 1.165) is 25.8 Å². The first-order valence-electron chi connectivity index (χ1n) is 5.79. The normalized spacial score (nSPS) is 23.8. The molecule has 0 heterocycles. The van der Waals surface area contributed by atoms with Gasteiger partial charge in [0.15, 0.2) is 0 Å². The monoisotopic (exact) mass is 227 g/mol. The zero-order valence-corrected chi connectivity index (χ0v) is 9.98. The number of rotatable bonds is 5. The third-order valence-corrected chi connectivity index (χ3v) is 2.94. The number of carbonyl (C=O) groups is 1. The number of aliphatic hydroxyl groups excluding tert-OH is 1. The van der Waals surface area contributed by atoms with Gasteiger partial charge in [-0.05, 0) is 38.6 Å². The van der Waals surface area contributed by atoms with Crippen LogP contribution in [0.25, 0.3) is 0 Å². The molecule has 1 aliphatic carbocycles. The molecule has 0 unspecified atom stereocenters. The van der Waals surface area contributed by atoms with Gasteiger partial charge in [0.1, 0.15) is 6.04 Å². The lowest BCUT2D eigenvalue weighted by molar-refractivity contribution is -0.145. The maximum atomic E-state index is 11.4. The summed E-state index contributed by atoms with van der Waals surface area (Å²) in [5, 5.41) is 12.5. The van der Waals surface area contributed by atoms with Crippen LogP contribution in [-0.2, 0) is 9.53 Å². The first-order valence-corrected chi connectivity index (χ1v) is 5.79. The predicted molar refractivity (Wildman–Crippen MR) is 62.0 cm³/mol. The summed E-state index contributed by atoms with van der Waals surface area (Å²) in [7, 11) is 1.34. The number of ether oxygens (including phenoxy) is 1. The molecule has 0 saturated carbocycles. The Morgan fingerprint density at radius 3 is 2.88 bits per heavy atom. The van der Waals surface area contributed by atoms with E-state index in [1.165, 1.54) is 7.11 Å². The molecule has 4 nitrogen and oxygen atoms in total. The molecule has 2 N–H and O–H groups in total. The average Bonchev–Trinajstić information content (AvgIpc) is 2.30. The minimum atomic E-state index is -0.730. The van der Waals surface area contributed by atoms with E-state index in [2.05, 4.69) is 22.2 Å². The maximum absolute atomic E-state index is 11.4. The number of hydrogen-bond donors (Lipinski definition) is 2. The SMILES string of the molecule is COC(=O)[C@H](NC[C@@H]1CC=CCC1)[C@H](C)O. The lowest BCUT2D eigenvalue weighted by Crippen LogP contribution is -2.47. The van der Waals surface area contributed by atoms with Crippen LogP contribution in [-0.4, -0.2) is 36.9 Å². The third-order valence-electron chi connectivity index (χ3n) is 2.94. The molecule has 0 aromatic carbocycles. The van der Waals surface area contributed by atoms with Crippen LogP contribution in [0.15, 0.2) is 12.2 Å². The molecular weight excluding hydrogens is 206 g/mol. The first kappa shape index (κ1) is 13.2. The van der Waals surface area contributed by atoms with Crippen LogP contribution in [0.2, 0.25) is 0 Å². The summed E-state index contributed by atoms with van der Waals surface area (Å²) in [5.41, 5.74) is 0. The number of allylic oxidation sites excluding steroid dienone is 2. The van der Waals surface area contributed by atoms with Gasteiger partial charge >= 0.3 is 5.97 Å². The standard InChI is InChI=1S/C12H21NO3/c1-9(14)11(12(15)16-2)13-8-10-6-4-3-5-7-10/h3-4,9-11,13-14H,5-8H2,1-2H3/t9-,10+,11+/m0/s1. The topological polar surface area (TPSA) is 58.6 Å². The van der Waals surface area contributed by atoms with E-state index < -0.39 is 18.1 Å². The Morgan fingerprint density at radius 2 is 2.38 bits per heavy atom. The summed E-state index contributed by atoms with van der Waals surface area (Å²) in [4.78, 5) is 11.4. The molecule has 0 aromatic heterocycles. The zero-order valence-electron chi connectivity index (χ0n) is 9.98. The fourth-order valence-corrected chi connectivity index (χ4v) is 1.91. The fraction of sp³-hybridized carbons (Fsp3) is 0.750. The van der Waals surface area contributed by atoms with Crippen molar-refractivity contribution < 1.29 is 14.6 Å². The van der Waals surface area contributed by atoms with Crippen LogP contribution < -0.4 is 5.32 Å². The van der Waals surface area contributed by atoms with Crippen LogP contribution in [0, 0.1) is 5.92 Å². The van der Waals surface area contributed by atoms with E-state index in [1.54, 1.807) is 6.92 Å². The summed E-state index contributed by atoms with van der Waals surface area (Å²) in [5.74, 6) is 0.150. The van der Waals surface area contributed by atoms with Crippen molar-refractivity contribution in [3.63, 3.8) is 0 Å². The van der Waals surface area contributed by atoms with Gasteiger partial charge in [-0.15, -0.1) is 0 Å². The van der Waals surface area contributed by atoms with Crippen molar-refractivity contribution in [2.75, 3.05) is 13.7 Å². The molecule has 0 amide bonds. The minimum absolute atomic E-state index is 0.402. The van der Waals surface area contributed by atoms with E-state index in [4.69, 9.17) is 0 Å². The van der Waals surface area contributed by atoms with Crippen molar-refractivity contribution in [1.82, 2.24) is 5.32 Å². The minimum Gasteiger partial charge on any atom is -0.468 e. The highest BCUT2D eigenvalue weighted by Gasteiger charge is 2.24. The van der Waals surface area contributed by atoms with Gasteiger partial charge in [0.2, 0.25) is 0 Å². The second-order valence-corrected chi connectivity index (χ2v) is 4.30. The van der Waals surface area contributed by atoms with Crippen molar-refractivity contribution in [2.45, 2.75) is 38.3 Å². The Kier molecular flexibility index (Phi) is 5.49. The number of carbonyl (C=O) groups excluding carboxylic acids is 1. The van der Waals surface area contributed by atoms with Crippen LogP contribution in [0.5, 0.6) is 0 Å². The van der Waals surface area contributed by atoms with Gasteiger partial charge in [0, 0.05) is 0 Å². The second-order valence-electron chi connectivity index (χ2n) is 4.30. The quantitative estimate of drug-likeness (QED) is 0.540. The summed E-state index contributed by atoms with van der Waals surface area (Å²) in [6.07, 6.45) is 6.91. The van der Waals surface area contributed by atoms with Gasteiger partial charge in [-0.2, -0.15) is 0 Å². The van der Waals surface area contributed by atoms with Gasteiger partial charge in [-0.1, -0.05) is 12.2 Å². The molecular formula is C12H21NO3. The fourth-order valence-electron chi connectivity index (χ4n) is 1.91. The molecule has 0 fully saturated rings. The second kappa shape index (κ2) is 6.66. The Balaban J connectivity index is 2.37. The van der Waals surface area contributed by atoms with Crippen molar-refractivity contribution in [3.05, 3.63) is 12.2 Å². The Morgan fingerprint density at radius 1 is 1.62 bits per heavy atom. The van der Waals surface area contributed by atoms with Gasteiger partial charge in [-0.3, -0.25) is 4.79 Å². The number of nitrogens with one attached hydrogen (secondary N) is 1. The van der Waals surface area contributed by atoms with Gasteiger partial charge in [0.25, 0.3) is 0 Å². The van der Waals surface area contributed by atoms with E-state index in [-0.39, 0.29) is 0 Å². The molecule has 0 aromatic rings. The highest BCUT2D eigenvalue weighted by Crippen LogP contribution is 2.17. The molecule has 0 bridgehead atoms. The van der Waals surface area contributed by atoms with E-state index >= 15 is 0 Å². The van der Waals surface area contributed by atoms with Gasteiger partial charge in [0.05, 0.1) is 13.2 Å². The third kappa shape index (κ3) is 3.94. The Bertz CT molecular complexity index is 251. The van der Waals surface area contributed by atoms with E-state index in [0.29, 0.717) is 5.92 Å². The summed E-state index contributed by atoms with van der Waals surface area (Å²) in [6.45, 7) is 2.34. The molecule has 16 heavy (non-hydrogen) atoms. The molecule has 1 rings (SSSR count). The van der Waals surface area contributed by atoms with Crippen LogP contribution in [0.1, 0.15) is 26.2 Å². The molecule has 0 saturated heterocycles. The molecule has 1 aliphatic rings. The van der Waals surface area contributed by atoms with Crippen molar-refractivity contribution in [1.29, 1.82) is 0 Å². The lowest BCUT2D eigenvalue weighted by atomic mass is 9.94. The van der Waals surface area contributed by atoms with E-state index in [9.17, 15) is 9.90 Å². The van der Waals surface area contributed by atoms with Crippen LogP contribution in [0.3, 0.4) is 0 Å². The predicted octanol–water partition coefficient (Wildman–Crippen LogP) is 0.855.